The molecule has 0 spiro atoms. The third kappa shape index (κ3) is 2.67. The summed E-state index contributed by atoms with van der Waals surface area (Å²) < 4.78 is 0. The average molecular weight is 275 g/mol. The number of likely N-dealkylation sites (tertiary alicyclic amines) is 1. The molecule has 0 aliphatic carbocycles. The number of aliphatic hydroxyl groups excluding tert-OH is 1. The van der Waals surface area contributed by atoms with Gasteiger partial charge in [0.2, 0.25) is 0 Å². The summed E-state index contributed by atoms with van der Waals surface area (Å²) in [6.45, 7) is 5.27. The number of fused-ring (bicyclic) bond motifs is 1. The number of piperidine rings is 2. The summed E-state index contributed by atoms with van der Waals surface area (Å²) in [6.07, 6.45) is 5.35. The van der Waals surface area contributed by atoms with E-state index in [1.807, 2.05) is 12.3 Å². The maximum Gasteiger partial charge on any atom is 0.0931 e. The van der Waals surface area contributed by atoms with Crippen LogP contribution in [-0.2, 0) is 0 Å². The van der Waals surface area contributed by atoms with Crippen molar-refractivity contribution in [3.05, 3.63) is 24.0 Å². The van der Waals surface area contributed by atoms with E-state index in [4.69, 9.17) is 0 Å². The molecule has 1 aromatic heterocycles. The lowest BCUT2D eigenvalue weighted by Crippen LogP contribution is -2.52. The van der Waals surface area contributed by atoms with Crippen LogP contribution in [0.3, 0.4) is 0 Å². The minimum atomic E-state index is -0.484. The van der Waals surface area contributed by atoms with Crippen LogP contribution in [0.4, 0.5) is 5.69 Å². The van der Waals surface area contributed by atoms with Crippen molar-refractivity contribution in [3.63, 3.8) is 0 Å². The Kier molecular flexibility index (Phi) is 3.94. The number of hydrogen-bond acceptors (Lipinski definition) is 4. The number of anilines is 1. The van der Waals surface area contributed by atoms with E-state index in [0.717, 1.165) is 30.7 Å². The van der Waals surface area contributed by atoms with Crippen LogP contribution in [0.2, 0.25) is 0 Å². The Morgan fingerprint density at radius 3 is 2.85 bits per heavy atom. The third-order valence-electron chi connectivity index (χ3n) is 4.91. The molecule has 3 heterocycles. The molecule has 2 unspecified atom stereocenters. The summed E-state index contributed by atoms with van der Waals surface area (Å²) in [5, 5.41) is 9.53. The van der Waals surface area contributed by atoms with E-state index in [1.54, 1.807) is 6.92 Å². The highest BCUT2D eigenvalue weighted by Crippen LogP contribution is 2.31. The summed E-state index contributed by atoms with van der Waals surface area (Å²) in [5.41, 5.74) is 1.95. The lowest BCUT2D eigenvalue weighted by Gasteiger charge is -2.46. The maximum atomic E-state index is 9.53. The Hall–Kier alpha value is -1.13. The van der Waals surface area contributed by atoms with E-state index < -0.39 is 6.10 Å². The lowest BCUT2D eigenvalue weighted by molar-refractivity contribution is 0.102. The molecule has 0 bridgehead atoms. The first-order chi connectivity index (χ1) is 9.65. The fourth-order valence-electron chi connectivity index (χ4n) is 3.72. The summed E-state index contributed by atoms with van der Waals surface area (Å²) in [6, 6.07) is 4.81. The molecule has 1 aromatic rings. The van der Waals surface area contributed by atoms with Gasteiger partial charge in [0.25, 0.3) is 0 Å². The van der Waals surface area contributed by atoms with Crippen LogP contribution in [-0.4, -0.2) is 47.7 Å². The molecule has 0 aromatic carbocycles. The van der Waals surface area contributed by atoms with Gasteiger partial charge in [0.15, 0.2) is 0 Å². The standard InChI is InChI=1S/C16H25N3O/c1-12(20)15-6-5-14(10-17-15)19-9-7-16-13(11-19)4-3-8-18(16)2/h5-6,10,12-13,16,20H,3-4,7-9,11H2,1-2H3/t12-,13?,16?/m0/s1. The van der Waals surface area contributed by atoms with Crippen LogP contribution in [0, 0.1) is 5.92 Å². The predicted octanol–water partition coefficient (Wildman–Crippen LogP) is 2.06. The first-order valence-corrected chi connectivity index (χ1v) is 7.74. The number of rotatable bonds is 2. The van der Waals surface area contributed by atoms with Gasteiger partial charge in [-0.3, -0.25) is 4.98 Å². The molecule has 2 aliphatic rings. The molecule has 1 N–H and O–H groups in total. The Morgan fingerprint density at radius 1 is 1.30 bits per heavy atom. The van der Waals surface area contributed by atoms with Gasteiger partial charge in [-0.2, -0.15) is 0 Å². The van der Waals surface area contributed by atoms with E-state index in [-0.39, 0.29) is 0 Å². The van der Waals surface area contributed by atoms with Crippen molar-refractivity contribution < 1.29 is 5.11 Å². The zero-order chi connectivity index (χ0) is 14.1. The van der Waals surface area contributed by atoms with Crippen LogP contribution in [0.5, 0.6) is 0 Å². The van der Waals surface area contributed by atoms with Gasteiger partial charge in [-0.1, -0.05) is 0 Å². The van der Waals surface area contributed by atoms with Gasteiger partial charge in [-0.15, -0.1) is 0 Å². The van der Waals surface area contributed by atoms with Gasteiger partial charge in [0.05, 0.1) is 23.7 Å². The zero-order valence-electron chi connectivity index (χ0n) is 12.5. The Bertz CT molecular complexity index is 446. The molecule has 3 rings (SSSR count). The number of aliphatic hydroxyl groups is 1. The first kappa shape index (κ1) is 13.8. The number of aromatic nitrogens is 1. The zero-order valence-corrected chi connectivity index (χ0v) is 12.5. The van der Waals surface area contributed by atoms with Crippen LogP contribution >= 0.6 is 0 Å². The Morgan fingerprint density at radius 2 is 2.15 bits per heavy atom. The molecule has 3 atom stereocenters. The van der Waals surface area contributed by atoms with E-state index >= 15 is 0 Å². The maximum absolute atomic E-state index is 9.53. The van der Waals surface area contributed by atoms with Gasteiger partial charge in [0.1, 0.15) is 0 Å². The van der Waals surface area contributed by atoms with Crippen molar-refractivity contribution in [2.24, 2.45) is 5.92 Å². The molecular formula is C16H25N3O. The summed E-state index contributed by atoms with van der Waals surface area (Å²) in [4.78, 5) is 9.37. The van der Waals surface area contributed by atoms with E-state index in [9.17, 15) is 5.11 Å². The van der Waals surface area contributed by atoms with Crippen molar-refractivity contribution in [2.75, 3.05) is 31.6 Å². The SMILES string of the molecule is C[C@H](O)c1ccc(N2CCC3C(CCCN3C)C2)cn1. The van der Waals surface area contributed by atoms with E-state index in [1.165, 1.54) is 31.5 Å². The van der Waals surface area contributed by atoms with Crippen molar-refractivity contribution in [2.45, 2.75) is 38.3 Å². The summed E-state index contributed by atoms with van der Waals surface area (Å²) >= 11 is 0. The molecule has 20 heavy (non-hydrogen) atoms. The number of nitrogens with zero attached hydrogens (tertiary/aromatic N) is 3. The molecule has 0 saturated carbocycles. The lowest BCUT2D eigenvalue weighted by atomic mass is 9.84. The molecule has 4 nitrogen and oxygen atoms in total. The molecule has 0 amide bonds. The average Bonchev–Trinajstić information content (AvgIpc) is 2.47. The normalized spacial score (nSPS) is 29.1. The van der Waals surface area contributed by atoms with Crippen LogP contribution in [0.15, 0.2) is 18.3 Å². The smallest absolute Gasteiger partial charge is 0.0931 e. The molecular weight excluding hydrogens is 250 g/mol. The predicted molar refractivity (Wildman–Crippen MR) is 80.8 cm³/mol. The second-order valence-electron chi connectivity index (χ2n) is 6.30. The van der Waals surface area contributed by atoms with E-state index in [2.05, 4.69) is 27.9 Å². The largest absolute Gasteiger partial charge is 0.387 e. The minimum Gasteiger partial charge on any atom is -0.387 e. The number of hydrogen-bond donors (Lipinski definition) is 1. The van der Waals surface area contributed by atoms with E-state index in [0.29, 0.717) is 0 Å². The molecule has 2 aliphatic heterocycles. The Balaban J connectivity index is 1.69. The molecule has 0 radical (unpaired) electrons. The summed E-state index contributed by atoms with van der Waals surface area (Å²) in [5.74, 6) is 0.791. The third-order valence-corrected chi connectivity index (χ3v) is 4.91. The Labute approximate surface area is 121 Å². The highest BCUT2D eigenvalue weighted by Gasteiger charge is 2.34. The second kappa shape index (κ2) is 5.70. The van der Waals surface area contributed by atoms with Gasteiger partial charge >= 0.3 is 0 Å². The fourth-order valence-corrected chi connectivity index (χ4v) is 3.72. The molecule has 4 heteroatoms. The fraction of sp³-hybridized carbons (Fsp3) is 0.688. The molecule has 2 fully saturated rings. The van der Waals surface area contributed by atoms with Crippen LogP contribution < -0.4 is 4.90 Å². The monoisotopic (exact) mass is 275 g/mol. The van der Waals surface area contributed by atoms with Crippen molar-refractivity contribution in [1.82, 2.24) is 9.88 Å². The quantitative estimate of drug-likeness (QED) is 0.897. The van der Waals surface area contributed by atoms with Crippen LogP contribution in [0.25, 0.3) is 0 Å². The van der Waals surface area contributed by atoms with Gasteiger partial charge in [0, 0.05) is 19.1 Å². The minimum absolute atomic E-state index is 0.484. The van der Waals surface area contributed by atoms with Gasteiger partial charge in [-0.25, -0.2) is 0 Å². The number of pyridine rings is 1. The highest BCUT2D eigenvalue weighted by atomic mass is 16.3. The van der Waals surface area contributed by atoms with Crippen LogP contribution in [0.1, 0.15) is 38.0 Å². The summed E-state index contributed by atoms with van der Waals surface area (Å²) in [7, 11) is 2.27. The second-order valence-corrected chi connectivity index (χ2v) is 6.30. The first-order valence-electron chi connectivity index (χ1n) is 7.74. The van der Waals surface area contributed by atoms with Crippen molar-refractivity contribution in [3.8, 4) is 0 Å². The topological polar surface area (TPSA) is 39.6 Å². The van der Waals surface area contributed by atoms with Gasteiger partial charge in [-0.05, 0) is 57.8 Å². The van der Waals surface area contributed by atoms with Crippen molar-refractivity contribution in [1.29, 1.82) is 0 Å². The van der Waals surface area contributed by atoms with Gasteiger partial charge < -0.3 is 14.9 Å². The molecule has 110 valence electrons. The molecule has 2 saturated heterocycles. The van der Waals surface area contributed by atoms with Crippen molar-refractivity contribution >= 4 is 5.69 Å². The highest BCUT2D eigenvalue weighted by molar-refractivity contribution is 5.45.